The molecule has 0 aromatic rings. The topological polar surface area (TPSA) is 27.7 Å². The molecule has 1 fully saturated rings. The van der Waals surface area contributed by atoms with Crippen molar-refractivity contribution < 1.29 is 19.2 Å². The molecular formula is C9H19FO3. The fourth-order valence-electron chi connectivity index (χ4n) is 1.49. The summed E-state index contributed by atoms with van der Waals surface area (Å²) in [6.07, 6.45) is 1.01. The van der Waals surface area contributed by atoms with E-state index in [0.29, 0.717) is 0 Å². The molecule has 0 N–H and O–H groups in total. The molecule has 0 aliphatic carbocycles. The molecule has 1 saturated heterocycles. The van der Waals surface area contributed by atoms with Gasteiger partial charge in [-0.3, -0.25) is 4.70 Å². The molecule has 1 rings (SSSR count). The fraction of sp³-hybridized carbons (Fsp3) is 1.00. The average molecular weight is 194 g/mol. The lowest BCUT2D eigenvalue weighted by molar-refractivity contribution is -0.436. The Bertz CT molecular complexity index is 150. The second kappa shape index (κ2) is 3.90. The Morgan fingerprint density at radius 2 is 1.62 bits per heavy atom. The van der Waals surface area contributed by atoms with Crippen LogP contribution in [0.4, 0.5) is 4.70 Å². The summed E-state index contributed by atoms with van der Waals surface area (Å²) in [6.45, 7) is 9.72. The quantitative estimate of drug-likeness (QED) is 0.554. The van der Waals surface area contributed by atoms with Crippen LogP contribution < -0.4 is 0 Å². The Balaban J connectivity index is 0.00000144. The summed E-state index contributed by atoms with van der Waals surface area (Å²) < 4.78 is 5.59. The van der Waals surface area contributed by atoms with Crippen molar-refractivity contribution in [2.24, 2.45) is 0 Å². The van der Waals surface area contributed by atoms with Gasteiger partial charge in [-0.2, -0.15) is 0 Å². The second-order valence-corrected chi connectivity index (χ2v) is 4.46. The highest BCUT2D eigenvalue weighted by molar-refractivity contribution is 4.74. The maximum atomic E-state index is 5.59. The third kappa shape index (κ3) is 4.02. The van der Waals surface area contributed by atoms with Crippen LogP contribution in [0.2, 0.25) is 0 Å². The lowest BCUT2D eigenvalue weighted by Gasteiger charge is -2.23. The van der Waals surface area contributed by atoms with E-state index in [-0.39, 0.29) is 16.4 Å². The summed E-state index contributed by atoms with van der Waals surface area (Å²) in [5.74, 6) is -0.632. The molecule has 4 heteroatoms. The maximum absolute atomic E-state index is 5.59. The Kier molecular flexibility index (Phi) is 3.84. The summed E-state index contributed by atoms with van der Waals surface area (Å²) in [5.41, 5.74) is -0.257. The molecule has 1 atom stereocenters. The van der Waals surface area contributed by atoms with Crippen LogP contribution in [0.25, 0.3) is 0 Å². The van der Waals surface area contributed by atoms with Crippen molar-refractivity contribution in [3.05, 3.63) is 0 Å². The first-order valence-electron chi connectivity index (χ1n) is 4.35. The van der Waals surface area contributed by atoms with Gasteiger partial charge in [0.25, 0.3) is 0 Å². The molecule has 0 radical (unpaired) electrons. The molecule has 13 heavy (non-hydrogen) atoms. The van der Waals surface area contributed by atoms with Crippen molar-refractivity contribution in [3.8, 4) is 0 Å². The monoisotopic (exact) mass is 194 g/mol. The lowest BCUT2D eigenvalue weighted by atomic mass is 10.0. The van der Waals surface area contributed by atoms with Crippen LogP contribution >= 0.6 is 0 Å². The molecule has 80 valence electrons. The van der Waals surface area contributed by atoms with Gasteiger partial charge in [0, 0.05) is 6.42 Å². The minimum atomic E-state index is -0.632. The van der Waals surface area contributed by atoms with E-state index in [1.165, 1.54) is 0 Å². The average Bonchev–Trinajstić information content (AvgIpc) is 1.87. The highest BCUT2D eigenvalue weighted by Gasteiger charge is 2.35. The zero-order valence-electron chi connectivity index (χ0n) is 8.92. The molecule has 0 aromatic heterocycles. The van der Waals surface area contributed by atoms with Crippen LogP contribution in [0.1, 0.15) is 41.0 Å². The van der Waals surface area contributed by atoms with E-state index in [4.69, 9.17) is 14.5 Å². The lowest BCUT2D eigenvalue weighted by Crippen LogP contribution is -2.29. The summed E-state index contributed by atoms with van der Waals surface area (Å²) in [6, 6.07) is 0. The van der Waals surface area contributed by atoms with E-state index >= 15 is 0 Å². The van der Waals surface area contributed by atoms with E-state index in [0.717, 1.165) is 6.42 Å². The molecule has 3 nitrogen and oxygen atoms in total. The van der Waals surface area contributed by atoms with Crippen molar-refractivity contribution >= 4 is 0 Å². The Morgan fingerprint density at radius 3 is 2.15 bits per heavy atom. The smallest absolute Gasteiger partial charge is 0.196 e. The van der Waals surface area contributed by atoms with E-state index in [1.54, 1.807) is 0 Å². The van der Waals surface area contributed by atoms with Gasteiger partial charge in [0.1, 0.15) is 5.60 Å². The number of rotatable bonds is 0. The molecule has 0 saturated carbocycles. The van der Waals surface area contributed by atoms with Gasteiger partial charge >= 0.3 is 0 Å². The molecule has 1 heterocycles. The number of ether oxygens (including phenoxy) is 1. The van der Waals surface area contributed by atoms with Crippen molar-refractivity contribution in [3.63, 3.8) is 0 Å². The molecular weight excluding hydrogens is 175 g/mol. The van der Waals surface area contributed by atoms with E-state index in [2.05, 4.69) is 0 Å². The van der Waals surface area contributed by atoms with Gasteiger partial charge in [-0.1, -0.05) is 0 Å². The predicted molar refractivity (Wildman–Crippen MR) is 48.0 cm³/mol. The minimum absolute atomic E-state index is 0. The molecule has 1 aliphatic heterocycles. The van der Waals surface area contributed by atoms with Crippen molar-refractivity contribution in [1.29, 1.82) is 0 Å². The van der Waals surface area contributed by atoms with Gasteiger partial charge in [-0.25, -0.2) is 9.78 Å². The van der Waals surface area contributed by atoms with Gasteiger partial charge in [-0.05, 0) is 34.6 Å². The number of hydrogen-bond donors (Lipinski definition) is 0. The van der Waals surface area contributed by atoms with Crippen molar-refractivity contribution in [2.45, 2.75) is 58.5 Å². The minimum Gasteiger partial charge on any atom is -0.345 e. The maximum Gasteiger partial charge on any atom is 0.196 e. The third-order valence-corrected chi connectivity index (χ3v) is 1.73. The van der Waals surface area contributed by atoms with Gasteiger partial charge in [0.15, 0.2) is 5.79 Å². The normalized spacial score (nSPS) is 31.6. The molecule has 1 unspecified atom stereocenters. The van der Waals surface area contributed by atoms with Crippen LogP contribution in [0.15, 0.2) is 0 Å². The predicted octanol–water partition coefficient (Wildman–Crippen LogP) is 2.41. The van der Waals surface area contributed by atoms with Gasteiger partial charge in [0.05, 0.1) is 6.10 Å². The fourth-order valence-corrected chi connectivity index (χ4v) is 1.49. The largest absolute Gasteiger partial charge is 0.345 e. The SMILES string of the molecule is CC1CC(C)(C)OOC(C)(C)O1.F. The number of hydrogen-bond acceptors (Lipinski definition) is 3. The molecule has 0 aromatic carbocycles. The van der Waals surface area contributed by atoms with Crippen LogP contribution in [0, 0.1) is 0 Å². The summed E-state index contributed by atoms with van der Waals surface area (Å²) in [4.78, 5) is 10.4. The Hall–Kier alpha value is -0.190. The number of halogens is 1. The summed E-state index contributed by atoms with van der Waals surface area (Å²) >= 11 is 0. The third-order valence-electron chi connectivity index (χ3n) is 1.73. The molecule has 0 bridgehead atoms. The van der Waals surface area contributed by atoms with E-state index < -0.39 is 5.79 Å². The Labute approximate surface area is 78.7 Å². The standard InChI is InChI=1S/C9H18O3.FH/c1-7-6-8(2,3)11-12-9(4,5)10-7;/h7H,6H2,1-5H3;1H. The molecule has 1 aliphatic rings. The van der Waals surface area contributed by atoms with Gasteiger partial charge in [-0.15, -0.1) is 0 Å². The van der Waals surface area contributed by atoms with E-state index in [1.807, 2.05) is 34.6 Å². The summed E-state index contributed by atoms with van der Waals surface area (Å²) in [5, 5.41) is 0. The molecule has 0 amide bonds. The van der Waals surface area contributed by atoms with Crippen LogP contribution in [-0.2, 0) is 14.5 Å². The zero-order valence-corrected chi connectivity index (χ0v) is 8.92. The first-order valence-corrected chi connectivity index (χ1v) is 4.35. The van der Waals surface area contributed by atoms with Gasteiger partial charge in [0.2, 0.25) is 0 Å². The van der Waals surface area contributed by atoms with Gasteiger partial charge < -0.3 is 4.74 Å². The highest BCUT2D eigenvalue weighted by Crippen LogP contribution is 2.29. The van der Waals surface area contributed by atoms with Crippen molar-refractivity contribution in [1.82, 2.24) is 0 Å². The van der Waals surface area contributed by atoms with E-state index in [9.17, 15) is 0 Å². The molecule has 0 spiro atoms. The highest BCUT2D eigenvalue weighted by atomic mass is 19.0. The van der Waals surface area contributed by atoms with Crippen LogP contribution in [0.3, 0.4) is 0 Å². The second-order valence-electron chi connectivity index (χ2n) is 4.46. The van der Waals surface area contributed by atoms with Crippen LogP contribution in [0.5, 0.6) is 0 Å². The van der Waals surface area contributed by atoms with Crippen LogP contribution in [-0.4, -0.2) is 17.5 Å². The Morgan fingerprint density at radius 1 is 1.08 bits per heavy atom. The zero-order chi connectivity index (χ0) is 9.41. The van der Waals surface area contributed by atoms with Crippen molar-refractivity contribution in [2.75, 3.05) is 0 Å². The first-order chi connectivity index (χ1) is 5.31. The first kappa shape index (κ1) is 12.8. The summed E-state index contributed by atoms with van der Waals surface area (Å²) in [7, 11) is 0.